The molecule has 2 N–H and O–H groups in total. The molecule has 0 fully saturated rings. The Morgan fingerprint density at radius 3 is 2.19 bits per heavy atom. The minimum Gasteiger partial charge on any atom is -0.497 e. The van der Waals surface area contributed by atoms with E-state index in [1.54, 1.807) is 31.4 Å². The summed E-state index contributed by atoms with van der Waals surface area (Å²) in [5.74, 6) is 0.460. The predicted octanol–water partition coefficient (Wildman–Crippen LogP) is 3.70. The highest BCUT2D eigenvalue weighted by molar-refractivity contribution is 9.10. The van der Waals surface area contributed by atoms with Crippen LogP contribution < -0.4 is 15.4 Å². The summed E-state index contributed by atoms with van der Waals surface area (Å²) in [6, 6.07) is 14.4. The number of nitrogens with one attached hydrogen (secondary N) is 2. The molecule has 0 saturated heterocycles. The Labute approximate surface area is 162 Å². The Balaban J connectivity index is 1.94. The van der Waals surface area contributed by atoms with Crippen LogP contribution in [0.15, 0.2) is 53.0 Å². The molecule has 138 valence electrons. The Hall–Kier alpha value is -2.34. The van der Waals surface area contributed by atoms with Crippen LogP contribution in [-0.4, -0.2) is 25.5 Å². The fourth-order valence-electron chi connectivity index (χ4n) is 2.53. The normalized spacial score (nSPS) is 11.7. The van der Waals surface area contributed by atoms with Crippen LogP contribution in [0.3, 0.4) is 0 Å². The fraction of sp³-hybridized carbons (Fsp3) is 0.300. The number of amides is 2. The summed E-state index contributed by atoms with van der Waals surface area (Å²) in [5.41, 5.74) is 1.50. The number of hydrogen-bond acceptors (Lipinski definition) is 3. The molecule has 0 heterocycles. The summed E-state index contributed by atoms with van der Waals surface area (Å²) in [7, 11) is 1.62. The molecule has 0 saturated carbocycles. The molecule has 0 spiro atoms. The lowest BCUT2D eigenvalue weighted by molar-refractivity contribution is -0.121. The van der Waals surface area contributed by atoms with Gasteiger partial charge in [0.15, 0.2) is 0 Å². The van der Waals surface area contributed by atoms with E-state index in [4.69, 9.17) is 4.74 Å². The second-order valence-electron chi connectivity index (χ2n) is 6.25. The highest BCUT2D eigenvalue weighted by atomic mass is 79.9. The molecule has 0 bridgehead atoms. The fourth-order valence-corrected chi connectivity index (χ4v) is 2.80. The van der Waals surface area contributed by atoms with Crippen LogP contribution in [-0.2, 0) is 4.79 Å². The maximum Gasteiger partial charge on any atom is 0.251 e. The van der Waals surface area contributed by atoms with Gasteiger partial charge in [0.25, 0.3) is 5.91 Å². The van der Waals surface area contributed by atoms with E-state index in [-0.39, 0.29) is 30.3 Å². The van der Waals surface area contributed by atoms with Crippen molar-refractivity contribution in [2.45, 2.75) is 19.9 Å². The molecule has 0 aromatic heterocycles. The van der Waals surface area contributed by atoms with Crippen LogP contribution in [0.2, 0.25) is 0 Å². The predicted molar refractivity (Wildman–Crippen MR) is 105 cm³/mol. The lowest BCUT2D eigenvalue weighted by atomic mass is 9.96. The summed E-state index contributed by atoms with van der Waals surface area (Å²) in [6.07, 6.45) is 0. The van der Waals surface area contributed by atoms with Crippen molar-refractivity contribution in [1.29, 1.82) is 0 Å². The minimum atomic E-state index is -0.279. The van der Waals surface area contributed by atoms with E-state index in [0.717, 1.165) is 15.8 Å². The van der Waals surface area contributed by atoms with Crippen LogP contribution in [0.4, 0.5) is 0 Å². The molecule has 2 amide bonds. The van der Waals surface area contributed by atoms with Crippen LogP contribution >= 0.6 is 15.9 Å². The van der Waals surface area contributed by atoms with Crippen molar-refractivity contribution in [3.05, 3.63) is 64.1 Å². The maximum absolute atomic E-state index is 12.3. The number of methoxy groups -OCH3 is 1. The highest BCUT2D eigenvalue weighted by Crippen LogP contribution is 2.23. The number of carbonyl (C=O) groups excluding carboxylic acids is 2. The van der Waals surface area contributed by atoms with Gasteiger partial charge in [-0.2, -0.15) is 0 Å². The summed E-state index contributed by atoms with van der Waals surface area (Å²) in [5, 5.41) is 5.63. The highest BCUT2D eigenvalue weighted by Gasteiger charge is 2.19. The first-order valence-corrected chi connectivity index (χ1v) is 9.17. The number of benzene rings is 2. The van der Waals surface area contributed by atoms with Crippen molar-refractivity contribution in [3.63, 3.8) is 0 Å². The van der Waals surface area contributed by atoms with E-state index in [0.29, 0.717) is 5.56 Å². The van der Waals surface area contributed by atoms with Gasteiger partial charge in [0.2, 0.25) is 5.91 Å². The number of ether oxygens (including phenoxy) is 1. The Morgan fingerprint density at radius 2 is 1.65 bits per heavy atom. The van der Waals surface area contributed by atoms with Crippen LogP contribution in [0.5, 0.6) is 5.75 Å². The summed E-state index contributed by atoms with van der Waals surface area (Å²) in [6.45, 7) is 4.00. The Bertz CT molecular complexity index is 743. The van der Waals surface area contributed by atoms with Gasteiger partial charge in [-0.25, -0.2) is 0 Å². The molecular weight excluding hydrogens is 396 g/mol. The van der Waals surface area contributed by atoms with Crippen LogP contribution in [0.1, 0.15) is 35.8 Å². The van der Waals surface area contributed by atoms with Gasteiger partial charge in [-0.15, -0.1) is 0 Å². The van der Waals surface area contributed by atoms with Crippen molar-refractivity contribution in [1.82, 2.24) is 10.6 Å². The first-order valence-electron chi connectivity index (χ1n) is 8.37. The first-order chi connectivity index (χ1) is 12.4. The summed E-state index contributed by atoms with van der Waals surface area (Å²) >= 11 is 3.32. The third-order valence-corrected chi connectivity index (χ3v) is 4.50. The van der Waals surface area contributed by atoms with Crippen LogP contribution in [0.25, 0.3) is 0 Å². The zero-order valence-electron chi connectivity index (χ0n) is 15.1. The largest absolute Gasteiger partial charge is 0.497 e. The molecule has 26 heavy (non-hydrogen) atoms. The van der Waals surface area contributed by atoms with Gasteiger partial charge in [0.1, 0.15) is 5.75 Å². The third kappa shape index (κ3) is 5.59. The van der Waals surface area contributed by atoms with Gasteiger partial charge in [0, 0.05) is 10.0 Å². The smallest absolute Gasteiger partial charge is 0.251 e. The summed E-state index contributed by atoms with van der Waals surface area (Å²) < 4.78 is 6.06. The standard InChI is InChI=1S/C20H23BrN2O3/c1-13(2)19(14-6-10-17(26-3)11-7-14)23-18(24)12-22-20(25)15-4-8-16(21)9-5-15/h4-11,13,19H,12H2,1-3H3,(H,22,25)(H,23,24). The third-order valence-electron chi connectivity index (χ3n) is 3.97. The van der Waals surface area contributed by atoms with Gasteiger partial charge in [-0.1, -0.05) is 41.9 Å². The molecule has 6 heteroatoms. The minimum absolute atomic E-state index is 0.0751. The SMILES string of the molecule is COc1ccc(C(NC(=O)CNC(=O)c2ccc(Br)cc2)C(C)C)cc1. The molecule has 0 aliphatic carbocycles. The molecule has 1 unspecified atom stereocenters. The molecule has 1 atom stereocenters. The van der Waals surface area contributed by atoms with Crippen molar-refractivity contribution < 1.29 is 14.3 Å². The number of halogens is 1. The van der Waals surface area contributed by atoms with Gasteiger partial charge in [-0.3, -0.25) is 9.59 Å². The van der Waals surface area contributed by atoms with E-state index in [1.807, 2.05) is 38.1 Å². The zero-order chi connectivity index (χ0) is 19.1. The lowest BCUT2D eigenvalue weighted by Crippen LogP contribution is -2.40. The van der Waals surface area contributed by atoms with E-state index >= 15 is 0 Å². The molecule has 5 nitrogen and oxygen atoms in total. The number of hydrogen-bond donors (Lipinski definition) is 2. The van der Waals surface area contributed by atoms with Crippen LogP contribution in [0, 0.1) is 5.92 Å². The quantitative estimate of drug-likeness (QED) is 0.719. The Kier molecular flexibility index (Phi) is 7.21. The maximum atomic E-state index is 12.3. The van der Waals surface area contributed by atoms with E-state index in [2.05, 4.69) is 26.6 Å². The van der Waals surface area contributed by atoms with Gasteiger partial charge in [0.05, 0.1) is 19.7 Å². The number of rotatable bonds is 7. The van der Waals surface area contributed by atoms with E-state index in [1.165, 1.54) is 0 Å². The first kappa shape index (κ1) is 20.0. The summed E-state index contributed by atoms with van der Waals surface area (Å²) in [4.78, 5) is 24.4. The second kappa shape index (κ2) is 9.38. The number of carbonyl (C=O) groups is 2. The molecule has 0 aliphatic heterocycles. The average Bonchev–Trinajstić information content (AvgIpc) is 2.64. The zero-order valence-corrected chi connectivity index (χ0v) is 16.7. The topological polar surface area (TPSA) is 67.4 Å². The monoisotopic (exact) mass is 418 g/mol. The molecule has 2 aromatic rings. The van der Waals surface area contributed by atoms with Gasteiger partial charge in [-0.05, 0) is 47.9 Å². The molecular formula is C20H23BrN2O3. The van der Waals surface area contributed by atoms with Crippen molar-refractivity contribution in [3.8, 4) is 5.75 Å². The average molecular weight is 419 g/mol. The van der Waals surface area contributed by atoms with Crippen molar-refractivity contribution >= 4 is 27.7 Å². The molecule has 0 aliphatic rings. The van der Waals surface area contributed by atoms with Crippen molar-refractivity contribution in [2.75, 3.05) is 13.7 Å². The lowest BCUT2D eigenvalue weighted by Gasteiger charge is -2.23. The van der Waals surface area contributed by atoms with Gasteiger partial charge < -0.3 is 15.4 Å². The van der Waals surface area contributed by atoms with Gasteiger partial charge >= 0.3 is 0 Å². The Morgan fingerprint density at radius 1 is 1.04 bits per heavy atom. The van der Waals surface area contributed by atoms with E-state index < -0.39 is 0 Å². The molecule has 2 rings (SSSR count). The van der Waals surface area contributed by atoms with E-state index in [9.17, 15) is 9.59 Å². The molecule has 0 radical (unpaired) electrons. The van der Waals surface area contributed by atoms with Crippen molar-refractivity contribution in [2.24, 2.45) is 5.92 Å². The molecule has 2 aromatic carbocycles. The second-order valence-corrected chi connectivity index (χ2v) is 7.17.